The summed E-state index contributed by atoms with van der Waals surface area (Å²) < 4.78 is 5.66. The van der Waals surface area contributed by atoms with Crippen LogP contribution in [0.25, 0.3) is 22.0 Å². The van der Waals surface area contributed by atoms with E-state index in [9.17, 15) is 10.1 Å². The molecule has 7 heteroatoms. The maximum atomic E-state index is 12.4. The molecule has 32 heavy (non-hydrogen) atoms. The topological polar surface area (TPSA) is 103 Å². The van der Waals surface area contributed by atoms with Crippen LogP contribution in [0.5, 0.6) is 5.75 Å². The molecular formula is C25H17N5O2. The van der Waals surface area contributed by atoms with Gasteiger partial charge < -0.3 is 4.74 Å². The molecule has 0 aliphatic carbocycles. The Hall–Kier alpha value is -4.88. The van der Waals surface area contributed by atoms with Gasteiger partial charge in [0.2, 0.25) is 5.95 Å². The minimum absolute atomic E-state index is 0.0650. The highest BCUT2D eigenvalue weighted by Gasteiger charge is 2.13. The number of rotatable bonds is 6. The second-order valence-electron chi connectivity index (χ2n) is 6.68. The summed E-state index contributed by atoms with van der Waals surface area (Å²) in [6.07, 6.45) is 6.91. The average molecular weight is 419 g/mol. The number of aromatic nitrogens is 2. The lowest BCUT2D eigenvalue weighted by Crippen LogP contribution is -2.16. The van der Waals surface area contributed by atoms with Crippen molar-refractivity contribution >= 4 is 22.9 Å². The molecular weight excluding hydrogens is 402 g/mol. The summed E-state index contributed by atoms with van der Waals surface area (Å²) in [6, 6.07) is 22.5. The van der Waals surface area contributed by atoms with Crippen LogP contribution >= 0.6 is 0 Å². The zero-order valence-electron chi connectivity index (χ0n) is 16.9. The number of H-pyrrole nitrogens is 1. The molecule has 3 aromatic carbocycles. The van der Waals surface area contributed by atoms with Gasteiger partial charge >= 0.3 is 0 Å². The van der Waals surface area contributed by atoms with E-state index in [0.717, 1.165) is 16.3 Å². The zero-order chi connectivity index (χ0) is 22.3. The third-order valence-electron chi connectivity index (χ3n) is 4.68. The Morgan fingerprint density at radius 3 is 2.69 bits per heavy atom. The lowest BCUT2D eigenvalue weighted by atomic mass is 10.0. The summed E-state index contributed by atoms with van der Waals surface area (Å²) in [7, 11) is 0. The molecule has 154 valence electrons. The number of nitriles is 1. The van der Waals surface area contributed by atoms with Crippen LogP contribution < -0.4 is 15.7 Å². The Morgan fingerprint density at radius 2 is 1.91 bits per heavy atom. The first kappa shape index (κ1) is 20.4. The first-order chi connectivity index (χ1) is 15.7. The summed E-state index contributed by atoms with van der Waals surface area (Å²) in [5, 5.41) is 15.6. The Labute approximate surface area is 184 Å². The van der Waals surface area contributed by atoms with E-state index in [1.54, 1.807) is 18.3 Å². The van der Waals surface area contributed by atoms with E-state index in [1.807, 2.05) is 60.7 Å². The fraction of sp³-hybridized carbons (Fsp3) is 0.0400. The first-order valence-electron chi connectivity index (χ1n) is 9.68. The van der Waals surface area contributed by atoms with Gasteiger partial charge in [-0.2, -0.15) is 10.4 Å². The van der Waals surface area contributed by atoms with Crippen LogP contribution in [0, 0.1) is 23.7 Å². The largest absolute Gasteiger partial charge is 0.480 e. The quantitative estimate of drug-likeness (QED) is 0.280. The molecule has 0 fully saturated rings. The Morgan fingerprint density at radius 1 is 1.12 bits per heavy atom. The smallest absolute Gasteiger partial charge is 0.270 e. The van der Waals surface area contributed by atoms with E-state index in [-0.39, 0.29) is 23.8 Å². The van der Waals surface area contributed by atoms with Gasteiger partial charge in [-0.25, -0.2) is 10.4 Å². The van der Waals surface area contributed by atoms with Crippen molar-refractivity contribution in [1.29, 1.82) is 5.26 Å². The number of nitrogens with zero attached hydrogens (tertiary/aromatic N) is 3. The van der Waals surface area contributed by atoms with Gasteiger partial charge in [0.05, 0.1) is 11.9 Å². The van der Waals surface area contributed by atoms with Gasteiger partial charge in [0, 0.05) is 11.1 Å². The number of nitrogens with one attached hydrogen (secondary N) is 2. The molecule has 0 unspecified atom stereocenters. The summed E-state index contributed by atoms with van der Waals surface area (Å²) >= 11 is 0. The van der Waals surface area contributed by atoms with E-state index < -0.39 is 5.56 Å². The minimum atomic E-state index is -0.553. The van der Waals surface area contributed by atoms with Crippen LogP contribution in [0.15, 0.2) is 76.6 Å². The molecule has 0 saturated heterocycles. The highest BCUT2D eigenvalue weighted by Crippen LogP contribution is 2.27. The van der Waals surface area contributed by atoms with Crippen molar-refractivity contribution in [3.8, 4) is 35.4 Å². The highest BCUT2D eigenvalue weighted by molar-refractivity contribution is 6.02. The number of anilines is 1. The summed E-state index contributed by atoms with van der Waals surface area (Å²) in [5.74, 6) is 3.14. The minimum Gasteiger partial charge on any atom is -0.480 e. The van der Waals surface area contributed by atoms with E-state index >= 15 is 0 Å². The van der Waals surface area contributed by atoms with Crippen molar-refractivity contribution in [2.24, 2.45) is 5.10 Å². The number of aromatic amines is 1. The van der Waals surface area contributed by atoms with Gasteiger partial charge in [-0.05, 0) is 16.8 Å². The molecule has 0 spiro atoms. The standard InChI is InChI=1S/C25H17N5O2/c1-2-14-32-22-13-12-17-8-6-7-11-19(17)21(22)16-27-30-25-28-23(18-9-4-3-5-10-18)20(15-26)24(31)29-25/h1,3-13,16H,14H2,(H2,28,29,30,31). The second kappa shape index (κ2) is 9.29. The van der Waals surface area contributed by atoms with Gasteiger partial charge in [-0.1, -0.05) is 66.6 Å². The number of fused-ring (bicyclic) bond motifs is 1. The van der Waals surface area contributed by atoms with Crippen molar-refractivity contribution in [3.63, 3.8) is 0 Å². The average Bonchev–Trinajstić information content (AvgIpc) is 2.83. The monoisotopic (exact) mass is 419 g/mol. The van der Waals surface area contributed by atoms with Crippen molar-refractivity contribution in [1.82, 2.24) is 9.97 Å². The third kappa shape index (κ3) is 4.18. The Bertz CT molecular complexity index is 1440. The molecule has 0 amide bonds. The Kier molecular flexibility index (Phi) is 5.92. The second-order valence-corrected chi connectivity index (χ2v) is 6.68. The number of hydrazone groups is 1. The first-order valence-corrected chi connectivity index (χ1v) is 9.68. The summed E-state index contributed by atoms with van der Waals surface area (Å²) in [5.41, 5.74) is 3.78. The van der Waals surface area contributed by atoms with Gasteiger partial charge in [-0.15, -0.1) is 6.42 Å². The van der Waals surface area contributed by atoms with Crippen LogP contribution in [0.1, 0.15) is 11.1 Å². The number of terminal acetylenes is 1. The van der Waals surface area contributed by atoms with Crippen molar-refractivity contribution in [3.05, 3.63) is 88.2 Å². The van der Waals surface area contributed by atoms with Crippen molar-refractivity contribution in [2.45, 2.75) is 0 Å². The van der Waals surface area contributed by atoms with Crippen LogP contribution in [0.2, 0.25) is 0 Å². The molecule has 0 aliphatic heterocycles. The predicted octanol–water partition coefficient (Wildman–Crippen LogP) is 3.92. The molecule has 2 N–H and O–H groups in total. The van der Waals surface area contributed by atoms with E-state index in [0.29, 0.717) is 11.3 Å². The molecule has 4 rings (SSSR count). The van der Waals surface area contributed by atoms with E-state index in [2.05, 4.69) is 26.4 Å². The van der Waals surface area contributed by atoms with E-state index in [4.69, 9.17) is 11.2 Å². The number of hydrogen-bond donors (Lipinski definition) is 2. The fourth-order valence-electron chi connectivity index (χ4n) is 3.25. The third-order valence-corrected chi connectivity index (χ3v) is 4.68. The highest BCUT2D eigenvalue weighted by atomic mass is 16.5. The van der Waals surface area contributed by atoms with Crippen molar-refractivity contribution in [2.75, 3.05) is 12.0 Å². The van der Waals surface area contributed by atoms with Crippen LogP contribution in [-0.2, 0) is 0 Å². The normalized spacial score (nSPS) is 10.6. The molecule has 0 radical (unpaired) electrons. The summed E-state index contributed by atoms with van der Waals surface area (Å²) in [4.78, 5) is 19.3. The molecule has 0 bridgehead atoms. The molecule has 4 aromatic rings. The maximum absolute atomic E-state index is 12.4. The summed E-state index contributed by atoms with van der Waals surface area (Å²) in [6.45, 7) is 0.123. The molecule has 0 saturated carbocycles. The SMILES string of the molecule is C#CCOc1ccc2ccccc2c1C=NNc1nc(-c2ccccc2)c(C#N)c(=O)[nH]1. The van der Waals surface area contributed by atoms with Gasteiger partial charge in [0.15, 0.2) is 0 Å². The van der Waals surface area contributed by atoms with Crippen molar-refractivity contribution < 1.29 is 4.74 Å². The lowest BCUT2D eigenvalue weighted by molar-refractivity contribution is 0.370. The van der Waals surface area contributed by atoms with Crippen LogP contribution in [0.4, 0.5) is 5.95 Å². The van der Waals surface area contributed by atoms with Crippen LogP contribution in [0.3, 0.4) is 0 Å². The van der Waals surface area contributed by atoms with Gasteiger partial charge in [0.25, 0.3) is 5.56 Å². The predicted molar refractivity (Wildman–Crippen MR) is 125 cm³/mol. The Balaban J connectivity index is 1.70. The van der Waals surface area contributed by atoms with Crippen LogP contribution in [-0.4, -0.2) is 22.8 Å². The molecule has 1 heterocycles. The molecule has 1 aromatic heterocycles. The van der Waals surface area contributed by atoms with Gasteiger partial charge in [-0.3, -0.25) is 9.78 Å². The molecule has 7 nitrogen and oxygen atoms in total. The lowest BCUT2D eigenvalue weighted by Gasteiger charge is -2.10. The number of ether oxygens (including phenoxy) is 1. The number of benzene rings is 3. The number of hydrogen-bond acceptors (Lipinski definition) is 6. The molecule has 0 aliphatic rings. The van der Waals surface area contributed by atoms with E-state index in [1.165, 1.54) is 0 Å². The molecule has 0 atom stereocenters. The maximum Gasteiger partial charge on any atom is 0.270 e. The van der Waals surface area contributed by atoms with Gasteiger partial charge in [0.1, 0.15) is 24.0 Å². The zero-order valence-corrected chi connectivity index (χ0v) is 16.9. The fourth-order valence-corrected chi connectivity index (χ4v) is 3.25.